The van der Waals surface area contributed by atoms with Gasteiger partial charge in [-0.05, 0) is 12.1 Å². The SMILES string of the molecule is c1ncc2cc3oc4ncncc4c3cc2n1. The van der Waals surface area contributed by atoms with Crippen LogP contribution in [0.15, 0.2) is 41.6 Å². The molecular weight excluding hydrogens is 216 g/mol. The molecule has 17 heavy (non-hydrogen) atoms. The summed E-state index contributed by atoms with van der Waals surface area (Å²) >= 11 is 0. The van der Waals surface area contributed by atoms with Gasteiger partial charge in [0.05, 0.1) is 10.9 Å². The molecule has 0 spiro atoms. The molecule has 0 atom stereocenters. The number of benzene rings is 1. The van der Waals surface area contributed by atoms with Gasteiger partial charge in [-0.15, -0.1) is 0 Å². The second kappa shape index (κ2) is 2.98. The van der Waals surface area contributed by atoms with Gasteiger partial charge in [0.15, 0.2) is 0 Å². The van der Waals surface area contributed by atoms with E-state index in [9.17, 15) is 0 Å². The quantitative estimate of drug-likeness (QED) is 0.456. The summed E-state index contributed by atoms with van der Waals surface area (Å²) < 4.78 is 5.65. The second-order valence-electron chi connectivity index (χ2n) is 3.77. The van der Waals surface area contributed by atoms with Crippen LogP contribution in [-0.4, -0.2) is 19.9 Å². The first kappa shape index (κ1) is 8.58. The molecular formula is C12H6N4O. The summed E-state index contributed by atoms with van der Waals surface area (Å²) in [5.74, 6) is 0. The minimum Gasteiger partial charge on any atom is -0.438 e. The van der Waals surface area contributed by atoms with Crippen LogP contribution in [0.25, 0.3) is 33.0 Å². The van der Waals surface area contributed by atoms with Crippen molar-refractivity contribution in [2.45, 2.75) is 0 Å². The van der Waals surface area contributed by atoms with Crippen LogP contribution >= 0.6 is 0 Å². The molecule has 0 aliphatic rings. The van der Waals surface area contributed by atoms with Crippen LogP contribution in [-0.2, 0) is 0 Å². The zero-order valence-electron chi connectivity index (χ0n) is 8.66. The largest absolute Gasteiger partial charge is 0.438 e. The van der Waals surface area contributed by atoms with E-state index in [-0.39, 0.29) is 0 Å². The first-order chi connectivity index (χ1) is 8.42. The zero-order valence-corrected chi connectivity index (χ0v) is 8.66. The number of aromatic nitrogens is 4. The number of fused-ring (bicyclic) bond motifs is 4. The predicted molar refractivity (Wildman–Crippen MR) is 62.4 cm³/mol. The van der Waals surface area contributed by atoms with Gasteiger partial charge in [0, 0.05) is 23.2 Å². The Hall–Kier alpha value is -2.56. The van der Waals surface area contributed by atoms with E-state index in [1.165, 1.54) is 12.7 Å². The average molecular weight is 222 g/mol. The molecule has 1 aromatic carbocycles. The van der Waals surface area contributed by atoms with Crippen LogP contribution in [0.4, 0.5) is 0 Å². The third kappa shape index (κ3) is 1.13. The summed E-state index contributed by atoms with van der Waals surface area (Å²) in [5.41, 5.74) is 2.26. The van der Waals surface area contributed by atoms with Crippen molar-refractivity contribution >= 4 is 33.0 Å². The molecule has 0 radical (unpaired) electrons. The van der Waals surface area contributed by atoms with Gasteiger partial charge in [0.25, 0.3) is 0 Å². The summed E-state index contributed by atoms with van der Waals surface area (Å²) in [4.78, 5) is 16.3. The molecule has 5 heteroatoms. The van der Waals surface area contributed by atoms with E-state index < -0.39 is 0 Å². The van der Waals surface area contributed by atoms with Crippen molar-refractivity contribution in [3.05, 3.63) is 37.2 Å². The fourth-order valence-electron chi connectivity index (χ4n) is 1.99. The highest BCUT2D eigenvalue weighted by Gasteiger charge is 2.09. The Kier molecular flexibility index (Phi) is 1.50. The fraction of sp³-hybridized carbons (Fsp3) is 0. The summed E-state index contributed by atoms with van der Waals surface area (Å²) in [6.45, 7) is 0. The molecule has 0 aliphatic heterocycles. The molecule has 0 fully saturated rings. The van der Waals surface area contributed by atoms with Crippen LogP contribution in [0.2, 0.25) is 0 Å². The summed E-state index contributed by atoms with van der Waals surface area (Å²) in [7, 11) is 0. The van der Waals surface area contributed by atoms with Crippen LogP contribution in [0.3, 0.4) is 0 Å². The molecule has 0 unspecified atom stereocenters. The lowest BCUT2D eigenvalue weighted by Gasteiger charge is -1.94. The molecule has 80 valence electrons. The molecule has 0 amide bonds. The molecule has 0 bridgehead atoms. The van der Waals surface area contributed by atoms with Gasteiger partial charge in [-0.2, -0.15) is 0 Å². The van der Waals surface area contributed by atoms with E-state index >= 15 is 0 Å². The maximum atomic E-state index is 5.65. The van der Waals surface area contributed by atoms with Crippen LogP contribution < -0.4 is 0 Å². The average Bonchev–Trinajstić information content (AvgIpc) is 2.73. The molecule has 4 rings (SSSR count). The van der Waals surface area contributed by atoms with Crippen molar-refractivity contribution in [1.29, 1.82) is 0 Å². The Morgan fingerprint density at radius 3 is 2.76 bits per heavy atom. The normalized spacial score (nSPS) is 11.5. The highest BCUT2D eigenvalue weighted by atomic mass is 16.3. The van der Waals surface area contributed by atoms with E-state index in [0.29, 0.717) is 5.71 Å². The molecule has 3 aromatic heterocycles. The third-order valence-corrected chi connectivity index (χ3v) is 2.78. The molecule has 0 N–H and O–H groups in total. The van der Waals surface area contributed by atoms with Crippen molar-refractivity contribution in [2.75, 3.05) is 0 Å². The van der Waals surface area contributed by atoms with Crippen LogP contribution in [0.1, 0.15) is 0 Å². The Labute approximate surface area is 95.1 Å². The van der Waals surface area contributed by atoms with E-state index in [1.807, 2.05) is 12.1 Å². The van der Waals surface area contributed by atoms with Crippen molar-refractivity contribution in [1.82, 2.24) is 19.9 Å². The van der Waals surface area contributed by atoms with Gasteiger partial charge in [-0.1, -0.05) is 0 Å². The van der Waals surface area contributed by atoms with E-state index in [4.69, 9.17) is 4.42 Å². The van der Waals surface area contributed by atoms with Crippen molar-refractivity contribution < 1.29 is 4.42 Å². The van der Waals surface area contributed by atoms with Gasteiger partial charge in [0.2, 0.25) is 5.71 Å². The molecule has 0 aliphatic carbocycles. The number of furan rings is 1. The minimum atomic E-state index is 0.596. The lowest BCUT2D eigenvalue weighted by atomic mass is 10.1. The number of hydrogen-bond donors (Lipinski definition) is 0. The Morgan fingerprint density at radius 2 is 1.76 bits per heavy atom. The Balaban J connectivity index is 2.28. The van der Waals surface area contributed by atoms with Gasteiger partial charge in [-0.25, -0.2) is 19.9 Å². The fourth-order valence-corrected chi connectivity index (χ4v) is 1.99. The topological polar surface area (TPSA) is 64.7 Å². The molecule has 4 aromatic rings. The molecule has 3 heterocycles. The third-order valence-electron chi connectivity index (χ3n) is 2.78. The van der Waals surface area contributed by atoms with E-state index in [2.05, 4.69) is 19.9 Å². The van der Waals surface area contributed by atoms with Crippen LogP contribution in [0.5, 0.6) is 0 Å². The first-order valence-corrected chi connectivity index (χ1v) is 5.14. The van der Waals surface area contributed by atoms with Gasteiger partial charge in [-0.3, -0.25) is 0 Å². The van der Waals surface area contributed by atoms with Crippen molar-refractivity contribution in [3.8, 4) is 0 Å². The molecule has 5 nitrogen and oxygen atoms in total. The number of hydrogen-bond acceptors (Lipinski definition) is 5. The predicted octanol–water partition coefficient (Wildman–Crippen LogP) is 2.32. The van der Waals surface area contributed by atoms with E-state index in [1.54, 1.807) is 12.4 Å². The highest BCUT2D eigenvalue weighted by Crippen LogP contribution is 2.29. The number of rotatable bonds is 0. The molecule has 0 saturated carbocycles. The van der Waals surface area contributed by atoms with E-state index in [0.717, 1.165) is 27.3 Å². The lowest BCUT2D eigenvalue weighted by molar-refractivity contribution is 0.653. The summed E-state index contributed by atoms with van der Waals surface area (Å²) in [5, 5.41) is 2.84. The van der Waals surface area contributed by atoms with Gasteiger partial charge in [0.1, 0.15) is 18.2 Å². The summed E-state index contributed by atoms with van der Waals surface area (Å²) in [6, 6.07) is 3.90. The maximum absolute atomic E-state index is 5.65. The van der Waals surface area contributed by atoms with Crippen LogP contribution in [0, 0.1) is 0 Å². The molecule has 0 saturated heterocycles. The number of nitrogens with zero attached hydrogens (tertiary/aromatic N) is 4. The minimum absolute atomic E-state index is 0.596. The van der Waals surface area contributed by atoms with Gasteiger partial charge < -0.3 is 4.42 Å². The smallest absolute Gasteiger partial charge is 0.230 e. The Bertz CT molecular complexity index is 847. The monoisotopic (exact) mass is 222 g/mol. The highest BCUT2D eigenvalue weighted by molar-refractivity contribution is 6.07. The lowest BCUT2D eigenvalue weighted by Crippen LogP contribution is -1.80. The van der Waals surface area contributed by atoms with Gasteiger partial charge >= 0.3 is 0 Å². The summed E-state index contributed by atoms with van der Waals surface area (Å²) in [6.07, 6.45) is 6.53. The van der Waals surface area contributed by atoms with Crippen molar-refractivity contribution in [3.63, 3.8) is 0 Å². The maximum Gasteiger partial charge on any atom is 0.230 e. The zero-order chi connectivity index (χ0) is 11.2. The first-order valence-electron chi connectivity index (χ1n) is 5.14. The standard InChI is InChI=1S/C12H6N4O/c1-7-3-13-5-15-10(7)2-8-9-4-14-6-16-12(9)17-11(1)8/h1-6H. The van der Waals surface area contributed by atoms with Crippen molar-refractivity contribution in [2.24, 2.45) is 0 Å². The second-order valence-corrected chi connectivity index (χ2v) is 3.77. The Morgan fingerprint density at radius 1 is 0.882 bits per heavy atom.